The molecule has 0 N–H and O–H groups in total. The molecule has 0 saturated heterocycles. The maximum atomic E-state index is 5.29. The molecule has 2 aromatic carbocycles. The largest absolute Gasteiger partial charge is 0.497 e. The third-order valence-electron chi connectivity index (χ3n) is 5.51. The summed E-state index contributed by atoms with van der Waals surface area (Å²) in [6.45, 7) is 6.90. The van der Waals surface area contributed by atoms with Crippen LogP contribution in [0, 0.1) is 0 Å². The van der Waals surface area contributed by atoms with Crippen molar-refractivity contribution in [3.63, 3.8) is 0 Å². The molecular weight excluding hydrogens is 306 g/mol. The van der Waals surface area contributed by atoms with Crippen molar-refractivity contribution in [1.29, 1.82) is 0 Å². The number of benzene rings is 2. The first-order chi connectivity index (χ1) is 12.2. The smallest absolute Gasteiger partial charge is 0.118 e. The average molecular weight is 335 g/mol. The van der Waals surface area contributed by atoms with Crippen LogP contribution < -0.4 is 4.74 Å². The van der Waals surface area contributed by atoms with Gasteiger partial charge in [-0.2, -0.15) is 0 Å². The summed E-state index contributed by atoms with van der Waals surface area (Å²) >= 11 is 0. The summed E-state index contributed by atoms with van der Waals surface area (Å²) in [5.74, 6) is 0.928. The van der Waals surface area contributed by atoms with Crippen LogP contribution >= 0.6 is 0 Å². The van der Waals surface area contributed by atoms with Crippen LogP contribution in [0.4, 0.5) is 0 Å². The maximum absolute atomic E-state index is 5.29. The van der Waals surface area contributed by atoms with E-state index < -0.39 is 0 Å². The third kappa shape index (κ3) is 4.52. The minimum absolute atomic E-state index is 0.505. The zero-order valence-electron chi connectivity index (χ0n) is 15.7. The van der Waals surface area contributed by atoms with Crippen LogP contribution in [0.15, 0.2) is 65.7 Å². The van der Waals surface area contributed by atoms with Crippen molar-refractivity contribution in [2.45, 2.75) is 39.2 Å². The molecule has 2 nitrogen and oxygen atoms in total. The quantitative estimate of drug-likeness (QED) is 0.697. The van der Waals surface area contributed by atoms with Gasteiger partial charge in [0.2, 0.25) is 0 Å². The van der Waals surface area contributed by atoms with E-state index in [0.29, 0.717) is 6.04 Å². The summed E-state index contributed by atoms with van der Waals surface area (Å²) in [5, 5.41) is 0. The lowest BCUT2D eigenvalue weighted by Crippen LogP contribution is -2.43. The number of methoxy groups -OCH3 is 1. The average Bonchev–Trinajstić information content (AvgIpc) is 2.66. The Morgan fingerprint density at radius 3 is 2.36 bits per heavy atom. The summed E-state index contributed by atoms with van der Waals surface area (Å²) in [4.78, 5) is 2.67. The topological polar surface area (TPSA) is 12.5 Å². The second-order valence-corrected chi connectivity index (χ2v) is 7.05. The van der Waals surface area contributed by atoms with Gasteiger partial charge in [0.25, 0.3) is 0 Å². The van der Waals surface area contributed by atoms with Crippen molar-refractivity contribution in [2.24, 2.45) is 0 Å². The first-order valence-electron chi connectivity index (χ1n) is 9.24. The van der Waals surface area contributed by atoms with Crippen LogP contribution in [-0.2, 0) is 12.8 Å². The van der Waals surface area contributed by atoms with Gasteiger partial charge in [-0.1, -0.05) is 53.6 Å². The normalized spacial score (nSPS) is 18.4. The minimum atomic E-state index is 0.505. The standard InChI is InChI=1S/C23H29NO/c1-18-13-15-24(16-14-20-7-5-4-6-8-20)23(19(18)2)17-21-9-11-22(25-3)12-10-21/h4-12,23H,13-17H2,1-3H3. The number of nitrogens with zero attached hydrogens (tertiary/aromatic N) is 1. The lowest BCUT2D eigenvalue weighted by molar-refractivity contribution is 0.209. The molecular formula is C23H29NO. The van der Waals surface area contributed by atoms with Gasteiger partial charge in [0.1, 0.15) is 5.75 Å². The molecule has 1 heterocycles. The highest BCUT2D eigenvalue weighted by atomic mass is 16.5. The van der Waals surface area contributed by atoms with E-state index in [-0.39, 0.29) is 0 Å². The highest BCUT2D eigenvalue weighted by Gasteiger charge is 2.25. The van der Waals surface area contributed by atoms with Gasteiger partial charge in [0.15, 0.2) is 0 Å². The van der Waals surface area contributed by atoms with Crippen molar-refractivity contribution >= 4 is 0 Å². The van der Waals surface area contributed by atoms with E-state index in [1.165, 1.54) is 17.5 Å². The van der Waals surface area contributed by atoms with E-state index >= 15 is 0 Å². The Bertz CT molecular complexity index is 703. The lowest BCUT2D eigenvalue weighted by Gasteiger charge is -2.38. The van der Waals surface area contributed by atoms with Gasteiger partial charge in [-0.3, -0.25) is 4.90 Å². The van der Waals surface area contributed by atoms with E-state index in [0.717, 1.165) is 31.7 Å². The fourth-order valence-electron chi connectivity index (χ4n) is 3.67. The Kier molecular flexibility index (Phi) is 5.93. The van der Waals surface area contributed by atoms with Gasteiger partial charge in [-0.05, 0) is 56.4 Å². The fraction of sp³-hybridized carbons (Fsp3) is 0.391. The summed E-state index contributed by atoms with van der Waals surface area (Å²) in [6.07, 6.45) is 3.38. The monoisotopic (exact) mass is 335 g/mol. The predicted molar refractivity (Wildman–Crippen MR) is 105 cm³/mol. The molecule has 0 bridgehead atoms. The van der Waals surface area contributed by atoms with Crippen LogP contribution in [0.1, 0.15) is 31.4 Å². The fourth-order valence-corrected chi connectivity index (χ4v) is 3.67. The number of ether oxygens (including phenoxy) is 1. The highest BCUT2D eigenvalue weighted by Crippen LogP contribution is 2.27. The Morgan fingerprint density at radius 2 is 1.68 bits per heavy atom. The van der Waals surface area contributed by atoms with Gasteiger partial charge in [0.05, 0.1) is 7.11 Å². The first-order valence-corrected chi connectivity index (χ1v) is 9.24. The number of hydrogen-bond acceptors (Lipinski definition) is 2. The molecule has 0 fully saturated rings. The molecule has 1 aliphatic heterocycles. The molecule has 0 spiro atoms. The molecule has 0 aliphatic carbocycles. The van der Waals surface area contributed by atoms with Crippen LogP contribution in [0.5, 0.6) is 5.75 Å². The van der Waals surface area contributed by atoms with Crippen molar-refractivity contribution in [3.8, 4) is 5.75 Å². The van der Waals surface area contributed by atoms with Gasteiger partial charge < -0.3 is 4.74 Å². The third-order valence-corrected chi connectivity index (χ3v) is 5.51. The van der Waals surface area contributed by atoms with Crippen molar-refractivity contribution in [3.05, 3.63) is 76.9 Å². The number of hydrogen-bond donors (Lipinski definition) is 0. The molecule has 132 valence electrons. The first kappa shape index (κ1) is 17.8. The molecule has 1 aliphatic rings. The van der Waals surface area contributed by atoms with Crippen molar-refractivity contribution in [1.82, 2.24) is 4.90 Å². The van der Waals surface area contributed by atoms with Crippen molar-refractivity contribution in [2.75, 3.05) is 20.2 Å². The predicted octanol–water partition coefficient (Wildman–Crippen LogP) is 4.89. The Balaban J connectivity index is 1.72. The summed E-state index contributed by atoms with van der Waals surface area (Å²) in [5.41, 5.74) is 5.92. The molecule has 0 amide bonds. The van der Waals surface area contributed by atoms with Gasteiger partial charge >= 0.3 is 0 Å². The molecule has 1 unspecified atom stereocenters. The van der Waals surface area contributed by atoms with E-state index in [4.69, 9.17) is 4.74 Å². The van der Waals surface area contributed by atoms with E-state index in [1.54, 1.807) is 18.3 Å². The molecule has 3 rings (SSSR count). The van der Waals surface area contributed by atoms with Gasteiger partial charge in [-0.15, -0.1) is 0 Å². The minimum Gasteiger partial charge on any atom is -0.497 e. The van der Waals surface area contributed by atoms with E-state index in [2.05, 4.69) is 73.3 Å². The highest BCUT2D eigenvalue weighted by molar-refractivity contribution is 5.30. The van der Waals surface area contributed by atoms with Crippen LogP contribution in [0.3, 0.4) is 0 Å². The summed E-state index contributed by atoms with van der Waals surface area (Å²) in [7, 11) is 1.72. The maximum Gasteiger partial charge on any atom is 0.118 e. The van der Waals surface area contributed by atoms with Crippen LogP contribution in [0.2, 0.25) is 0 Å². The van der Waals surface area contributed by atoms with E-state index in [1.807, 2.05) is 0 Å². The number of rotatable bonds is 6. The van der Waals surface area contributed by atoms with Gasteiger partial charge in [-0.25, -0.2) is 0 Å². The zero-order valence-corrected chi connectivity index (χ0v) is 15.7. The molecule has 0 radical (unpaired) electrons. The Hall–Kier alpha value is -2.06. The summed E-state index contributed by atoms with van der Waals surface area (Å²) < 4.78 is 5.29. The molecule has 25 heavy (non-hydrogen) atoms. The molecule has 0 aromatic heterocycles. The lowest BCUT2D eigenvalue weighted by atomic mass is 9.90. The van der Waals surface area contributed by atoms with E-state index in [9.17, 15) is 0 Å². The zero-order chi connectivity index (χ0) is 17.6. The second kappa shape index (κ2) is 8.35. The SMILES string of the molecule is COc1ccc(CC2C(C)=C(C)CCN2CCc2ccccc2)cc1. The molecule has 2 heteroatoms. The molecule has 0 saturated carbocycles. The van der Waals surface area contributed by atoms with Crippen molar-refractivity contribution < 1.29 is 4.74 Å². The van der Waals surface area contributed by atoms with Crippen LogP contribution in [0.25, 0.3) is 0 Å². The molecule has 2 aromatic rings. The van der Waals surface area contributed by atoms with Gasteiger partial charge in [0, 0.05) is 19.1 Å². The Morgan fingerprint density at radius 1 is 0.960 bits per heavy atom. The second-order valence-electron chi connectivity index (χ2n) is 7.05. The van der Waals surface area contributed by atoms with Crippen LogP contribution in [-0.4, -0.2) is 31.1 Å². The Labute approximate surface area is 152 Å². The molecule has 1 atom stereocenters. The summed E-state index contributed by atoms with van der Waals surface area (Å²) in [6, 6.07) is 19.9.